The van der Waals surface area contributed by atoms with Gasteiger partial charge in [0.15, 0.2) is 0 Å². The van der Waals surface area contributed by atoms with Crippen LogP contribution in [0, 0.1) is 0 Å². The maximum atomic E-state index is 12.3. The topological polar surface area (TPSA) is 43.8 Å². The average Bonchev–Trinajstić information content (AvgIpc) is 2.41. The minimum atomic E-state index is -0.00814. The highest BCUT2D eigenvalue weighted by Crippen LogP contribution is 2.25. The highest BCUT2D eigenvalue weighted by molar-refractivity contribution is 9.10. The van der Waals surface area contributed by atoms with Gasteiger partial charge in [0.25, 0.3) is 5.91 Å². The monoisotopic (exact) mass is 326 g/mol. The van der Waals surface area contributed by atoms with Gasteiger partial charge in [-0.05, 0) is 48.0 Å². The molecule has 104 valence electrons. The molecule has 1 aliphatic heterocycles. The number of amides is 1. The van der Waals surface area contributed by atoms with Gasteiger partial charge in [0.1, 0.15) is 5.75 Å². The summed E-state index contributed by atoms with van der Waals surface area (Å²) >= 11 is 3.22. The predicted molar refractivity (Wildman–Crippen MR) is 78.4 cm³/mol. The third-order valence-corrected chi connectivity index (χ3v) is 4.20. The van der Waals surface area contributed by atoms with Gasteiger partial charge in [0.2, 0.25) is 0 Å². The highest BCUT2D eigenvalue weighted by atomic mass is 79.9. The van der Waals surface area contributed by atoms with Crippen molar-refractivity contribution in [3.05, 3.63) is 28.2 Å². The summed E-state index contributed by atoms with van der Waals surface area (Å²) in [5.74, 6) is 0.0953. The van der Waals surface area contributed by atoms with E-state index in [1.54, 1.807) is 12.1 Å². The quantitative estimate of drug-likeness (QED) is 0.907. The van der Waals surface area contributed by atoms with Crippen molar-refractivity contribution in [3.8, 4) is 5.75 Å². The smallest absolute Gasteiger partial charge is 0.254 e. The number of benzene rings is 1. The third-order valence-electron chi connectivity index (χ3n) is 3.52. The second-order valence-corrected chi connectivity index (χ2v) is 5.94. The van der Waals surface area contributed by atoms with Crippen LogP contribution in [0.15, 0.2) is 22.7 Å². The number of aromatic hydroxyl groups is 1. The van der Waals surface area contributed by atoms with Gasteiger partial charge in [-0.2, -0.15) is 0 Å². The summed E-state index contributed by atoms with van der Waals surface area (Å²) in [6.07, 6.45) is 0. The van der Waals surface area contributed by atoms with Crippen LogP contribution in [-0.2, 0) is 0 Å². The Morgan fingerprint density at radius 3 is 2.42 bits per heavy atom. The number of phenols is 1. The lowest BCUT2D eigenvalue weighted by atomic mass is 10.1. The average molecular weight is 327 g/mol. The summed E-state index contributed by atoms with van der Waals surface area (Å²) < 4.78 is 0.605. The Labute approximate surface area is 122 Å². The Hall–Kier alpha value is -1.07. The normalized spacial score (nSPS) is 16.9. The van der Waals surface area contributed by atoms with Crippen LogP contribution >= 0.6 is 15.9 Å². The van der Waals surface area contributed by atoms with E-state index in [1.807, 2.05) is 4.90 Å². The van der Waals surface area contributed by atoms with Crippen molar-refractivity contribution in [3.63, 3.8) is 0 Å². The molecule has 1 aliphatic rings. The maximum Gasteiger partial charge on any atom is 0.254 e. The SMILES string of the molecule is CC(C)N1CCN(C(=O)c2ccc(Br)c(O)c2)CC1. The van der Waals surface area contributed by atoms with Crippen molar-refractivity contribution < 1.29 is 9.90 Å². The minimum absolute atomic E-state index is 0.00814. The Morgan fingerprint density at radius 1 is 1.26 bits per heavy atom. The Balaban J connectivity index is 2.03. The van der Waals surface area contributed by atoms with Crippen LogP contribution in [0.5, 0.6) is 5.75 Å². The fourth-order valence-electron chi connectivity index (χ4n) is 2.27. The van der Waals surface area contributed by atoms with Crippen molar-refractivity contribution in [1.29, 1.82) is 0 Å². The molecule has 0 saturated carbocycles. The molecule has 0 unspecified atom stereocenters. The lowest BCUT2D eigenvalue weighted by molar-refractivity contribution is 0.0595. The maximum absolute atomic E-state index is 12.3. The van der Waals surface area contributed by atoms with Crippen molar-refractivity contribution in [2.75, 3.05) is 26.2 Å². The zero-order valence-corrected chi connectivity index (χ0v) is 12.9. The first-order valence-corrected chi connectivity index (χ1v) is 7.30. The first-order valence-electron chi connectivity index (χ1n) is 6.51. The number of hydrogen-bond donors (Lipinski definition) is 1. The molecule has 1 amide bonds. The summed E-state index contributed by atoms with van der Waals surface area (Å²) in [5, 5.41) is 9.64. The molecule has 2 rings (SSSR count). The molecule has 0 aromatic heterocycles. The molecule has 1 aromatic rings. The summed E-state index contributed by atoms with van der Waals surface area (Å²) in [5.41, 5.74) is 0.540. The third kappa shape index (κ3) is 3.28. The van der Waals surface area contributed by atoms with Crippen molar-refractivity contribution in [2.24, 2.45) is 0 Å². The Kier molecular flexibility index (Phi) is 4.47. The summed E-state index contributed by atoms with van der Waals surface area (Å²) in [6, 6.07) is 5.48. The first kappa shape index (κ1) is 14.3. The van der Waals surface area contributed by atoms with Gasteiger partial charge >= 0.3 is 0 Å². The number of hydrogen-bond acceptors (Lipinski definition) is 3. The van der Waals surface area contributed by atoms with Gasteiger partial charge in [0, 0.05) is 37.8 Å². The number of carbonyl (C=O) groups is 1. The largest absolute Gasteiger partial charge is 0.507 e. The van der Waals surface area contributed by atoms with E-state index in [-0.39, 0.29) is 11.7 Å². The van der Waals surface area contributed by atoms with Gasteiger partial charge in [-0.15, -0.1) is 0 Å². The van der Waals surface area contributed by atoms with Crippen LogP contribution in [-0.4, -0.2) is 53.0 Å². The van der Waals surface area contributed by atoms with Crippen LogP contribution in [0.25, 0.3) is 0 Å². The van der Waals surface area contributed by atoms with Crippen LogP contribution < -0.4 is 0 Å². The standard InChI is InChI=1S/C14H19BrN2O2/c1-10(2)16-5-7-17(8-6-16)14(19)11-3-4-12(15)13(18)9-11/h3-4,9-10,18H,5-8H2,1-2H3. The summed E-state index contributed by atoms with van der Waals surface area (Å²) in [7, 11) is 0. The molecule has 0 spiro atoms. The fourth-order valence-corrected chi connectivity index (χ4v) is 2.52. The van der Waals surface area contributed by atoms with Crippen molar-refractivity contribution in [1.82, 2.24) is 9.80 Å². The molecular formula is C14H19BrN2O2. The molecule has 0 atom stereocenters. The molecule has 19 heavy (non-hydrogen) atoms. The predicted octanol–water partition coefficient (Wildman–Crippen LogP) is 2.32. The molecule has 0 aliphatic carbocycles. The van der Waals surface area contributed by atoms with Crippen LogP contribution in [0.2, 0.25) is 0 Å². The van der Waals surface area contributed by atoms with Crippen molar-refractivity contribution >= 4 is 21.8 Å². The van der Waals surface area contributed by atoms with Crippen LogP contribution in [0.3, 0.4) is 0 Å². The molecule has 1 aromatic carbocycles. The first-order chi connectivity index (χ1) is 8.99. The zero-order chi connectivity index (χ0) is 14.0. The number of carbonyl (C=O) groups excluding carboxylic acids is 1. The van der Waals surface area contributed by atoms with Crippen LogP contribution in [0.1, 0.15) is 24.2 Å². The number of halogens is 1. The molecular weight excluding hydrogens is 308 g/mol. The van der Waals surface area contributed by atoms with Gasteiger partial charge in [0.05, 0.1) is 4.47 Å². The van der Waals surface area contributed by atoms with E-state index >= 15 is 0 Å². The minimum Gasteiger partial charge on any atom is -0.507 e. The Bertz CT molecular complexity index is 469. The van der Waals surface area contributed by atoms with Gasteiger partial charge < -0.3 is 10.0 Å². The second kappa shape index (κ2) is 5.92. The fraction of sp³-hybridized carbons (Fsp3) is 0.500. The number of phenolic OH excluding ortho intramolecular Hbond substituents is 1. The van der Waals surface area contributed by atoms with E-state index in [9.17, 15) is 9.90 Å². The highest BCUT2D eigenvalue weighted by Gasteiger charge is 2.23. The zero-order valence-electron chi connectivity index (χ0n) is 11.3. The van der Waals surface area contributed by atoms with E-state index in [1.165, 1.54) is 6.07 Å². The Morgan fingerprint density at radius 2 is 1.89 bits per heavy atom. The molecule has 0 radical (unpaired) electrons. The second-order valence-electron chi connectivity index (χ2n) is 5.09. The molecule has 1 fully saturated rings. The molecule has 4 nitrogen and oxygen atoms in total. The molecule has 1 heterocycles. The van der Waals surface area contributed by atoms with Gasteiger partial charge in [-0.1, -0.05) is 0 Å². The van der Waals surface area contributed by atoms with E-state index in [0.717, 1.165) is 26.2 Å². The summed E-state index contributed by atoms with van der Waals surface area (Å²) in [4.78, 5) is 16.5. The molecule has 5 heteroatoms. The van der Waals surface area contributed by atoms with E-state index in [2.05, 4.69) is 34.7 Å². The number of nitrogens with zero attached hydrogens (tertiary/aromatic N) is 2. The van der Waals surface area contributed by atoms with Gasteiger partial charge in [-0.3, -0.25) is 9.69 Å². The van der Waals surface area contributed by atoms with E-state index in [0.29, 0.717) is 16.1 Å². The molecule has 0 bridgehead atoms. The van der Waals surface area contributed by atoms with E-state index in [4.69, 9.17) is 0 Å². The van der Waals surface area contributed by atoms with Crippen LogP contribution in [0.4, 0.5) is 0 Å². The van der Waals surface area contributed by atoms with Crippen molar-refractivity contribution in [2.45, 2.75) is 19.9 Å². The lowest BCUT2D eigenvalue weighted by Crippen LogP contribution is -2.50. The molecule has 1 N–H and O–H groups in total. The molecule has 1 saturated heterocycles. The van der Waals surface area contributed by atoms with E-state index < -0.39 is 0 Å². The van der Waals surface area contributed by atoms with Gasteiger partial charge in [-0.25, -0.2) is 0 Å². The number of piperazine rings is 1. The number of rotatable bonds is 2. The summed E-state index contributed by atoms with van der Waals surface area (Å²) in [6.45, 7) is 7.65. The lowest BCUT2D eigenvalue weighted by Gasteiger charge is -2.37.